The number of rotatable bonds is 4. The lowest BCUT2D eigenvalue weighted by molar-refractivity contribution is -0.119. The first-order chi connectivity index (χ1) is 16.3. The molecule has 0 saturated carbocycles. The minimum Gasteiger partial charge on any atom is -0.364 e. The average Bonchev–Trinajstić information content (AvgIpc) is 3.20. The van der Waals surface area contributed by atoms with Crippen LogP contribution in [0.1, 0.15) is 45.8 Å². The van der Waals surface area contributed by atoms with Gasteiger partial charge in [0.15, 0.2) is 5.69 Å². The smallest absolute Gasteiger partial charge is 0.277 e. The van der Waals surface area contributed by atoms with Crippen LogP contribution < -0.4 is 15.5 Å². The first kappa shape index (κ1) is 21.7. The minimum absolute atomic E-state index is 0.0281. The van der Waals surface area contributed by atoms with E-state index in [9.17, 15) is 23.2 Å². The van der Waals surface area contributed by atoms with Crippen molar-refractivity contribution in [1.82, 2.24) is 9.78 Å². The molecule has 2 aliphatic rings. The van der Waals surface area contributed by atoms with Crippen LogP contribution in [0.15, 0.2) is 42.5 Å². The van der Waals surface area contributed by atoms with Crippen molar-refractivity contribution in [3.8, 4) is 5.69 Å². The predicted octanol–water partition coefficient (Wildman–Crippen LogP) is 2.97. The quantitative estimate of drug-likeness (QED) is 0.640. The number of nitrogens with zero attached hydrogens (tertiary/aromatic N) is 4. The fourth-order valence-electron chi connectivity index (χ4n) is 4.54. The number of amides is 3. The molecule has 0 radical (unpaired) electrons. The number of fused-ring (bicyclic) bond motifs is 1. The van der Waals surface area contributed by atoms with Crippen LogP contribution in [-0.4, -0.2) is 40.6 Å². The summed E-state index contributed by atoms with van der Waals surface area (Å²) in [4.78, 5) is 40.9. The van der Waals surface area contributed by atoms with Crippen LogP contribution in [0, 0.1) is 11.6 Å². The van der Waals surface area contributed by atoms with Gasteiger partial charge in [0.2, 0.25) is 5.91 Å². The SMILES string of the molecule is NC(=O)c1nn(-c2cc(F)cc(F)c2)c2c1CCN(c1ccc(N3CCCCC3=O)cc1)C2=O. The molecule has 1 fully saturated rings. The van der Waals surface area contributed by atoms with Gasteiger partial charge in [0.05, 0.1) is 5.69 Å². The number of piperidine rings is 1. The van der Waals surface area contributed by atoms with Crippen LogP contribution >= 0.6 is 0 Å². The van der Waals surface area contributed by atoms with E-state index in [1.54, 1.807) is 29.2 Å². The molecule has 0 bridgehead atoms. The zero-order valence-corrected chi connectivity index (χ0v) is 18.1. The predicted molar refractivity (Wildman–Crippen MR) is 120 cm³/mol. The summed E-state index contributed by atoms with van der Waals surface area (Å²) in [6.45, 7) is 0.917. The van der Waals surface area contributed by atoms with Gasteiger partial charge in [-0.3, -0.25) is 14.4 Å². The van der Waals surface area contributed by atoms with Gasteiger partial charge in [-0.05, 0) is 55.7 Å². The van der Waals surface area contributed by atoms with Crippen LogP contribution in [0.4, 0.5) is 20.2 Å². The molecule has 2 N–H and O–H groups in total. The van der Waals surface area contributed by atoms with E-state index >= 15 is 0 Å². The van der Waals surface area contributed by atoms with Gasteiger partial charge in [0, 0.05) is 42.5 Å². The van der Waals surface area contributed by atoms with Crippen molar-refractivity contribution in [3.63, 3.8) is 0 Å². The molecule has 0 spiro atoms. The third-order valence-corrected chi connectivity index (χ3v) is 6.14. The maximum atomic E-state index is 13.9. The van der Waals surface area contributed by atoms with Crippen molar-refractivity contribution in [2.75, 3.05) is 22.9 Å². The van der Waals surface area contributed by atoms with Gasteiger partial charge in [0.25, 0.3) is 11.8 Å². The molecule has 2 aliphatic heterocycles. The van der Waals surface area contributed by atoms with E-state index < -0.39 is 23.4 Å². The molecule has 3 aromatic rings. The molecule has 34 heavy (non-hydrogen) atoms. The lowest BCUT2D eigenvalue weighted by Gasteiger charge is -2.29. The van der Waals surface area contributed by atoms with Gasteiger partial charge >= 0.3 is 0 Å². The molecule has 0 aliphatic carbocycles. The highest BCUT2D eigenvalue weighted by Crippen LogP contribution is 2.31. The maximum Gasteiger partial charge on any atom is 0.277 e. The summed E-state index contributed by atoms with van der Waals surface area (Å²) in [5.74, 6) is -2.93. The van der Waals surface area contributed by atoms with E-state index in [1.165, 1.54) is 4.90 Å². The van der Waals surface area contributed by atoms with E-state index in [2.05, 4.69) is 5.10 Å². The number of carbonyl (C=O) groups is 3. The summed E-state index contributed by atoms with van der Waals surface area (Å²) in [7, 11) is 0. The molecule has 3 heterocycles. The van der Waals surface area contributed by atoms with Gasteiger partial charge in [-0.2, -0.15) is 5.10 Å². The fraction of sp³-hybridized carbons (Fsp3) is 0.250. The number of nitrogens with two attached hydrogens (primary N) is 1. The molecular weight excluding hydrogens is 444 g/mol. The minimum atomic E-state index is -0.845. The molecule has 0 atom stereocenters. The lowest BCUT2D eigenvalue weighted by Crippen LogP contribution is -2.39. The van der Waals surface area contributed by atoms with Gasteiger partial charge in [-0.25, -0.2) is 13.5 Å². The van der Waals surface area contributed by atoms with Crippen LogP contribution in [-0.2, 0) is 11.2 Å². The molecule has 3 amide bonds. The fourth-order valence-corrected chi connectivity index (χ4v) is 4.54. The van der Waals surface area contributed by atoms with Crippen LogP contribution in [0.5, 0.6) is 0 Å². The van der Waals surface area contributed by atoms with Gasteiger partial charge in [-0.1, -0.05) is 0 Å². The first-order valence-corrected chi connectivity index (χ1v) is 10.9. The summed E-state index contributed by atoms with van der Waals surface area (Å²) >= 11 is 0. The van der Waals surface area contributed by atoms with Crippen molar-refractivity contribution >= 4 is 29.1 Å². The number of primary amides is 1. The molecule has 8 nitrogen and oxygen atoms in total. The molecule has 1 aromatic heterocycles. The normalized spacial score (nSPS) is 16.1. The van der Waals surface area contributed by atoms with E-state index in [0.717, 1.165) is 35.3 Å². The number of halogens is 2. The Kier molecular flexibility index (Phi) is 5.35. The van der Waals surface area contributed by atoms with E-state index in [0.29, 0.717) is 30.3 Å². The zero-order chi connectivity index (χ0) is 24.0. The largest absolute Gasteiger partial charge is 0.364 e. The molecule has 10 heteroatoms. The van der Waals surface area contributed by atoms with E-state index in [-0.39, 0.29) is 35.9 Å². The number of benzene rings is 2. The molecular formula is C24H21F2N5O3. The molecule has 174 valence electrons. The van der Waals surface area contributed by atoms with Crippen LogP contribution in [0.3, 0.4) is 0 Å². The maximum absolute atomic E-state index is 13.9. The lowest BCUT2D eigenvalue weighted by atomic mass is 10.0. The molecule has 0 unspecified atom stereocenters. The van der Waals surface area contributed by atoms with Crippen molar-refractivity contribution in [2.45, 2.75) is 25.7 Å². The van der Waals surface area contributed by atoms with Crippen LogP contribution in [0.2, 0.25) is 0 Å². The Morgan fingerprint density at radius 3 is 2.12 bits per heavy atom. The van der Waals surface area contributed by atoms with Crippen molar-refractivity contribution in [2.24, 2.45) is 5.73 Å². The van der Waals surface area contributed by atoms with Crippen molar-refractivity contribution in [3.05, 3.63) is 71.1 Å². The Morgan fingerprint density at radius 2 is 1.50 bits per heavy atom. The Labute approximate surface area is 193 Å². The van der Waals surface area contributed by atoms with E-state index in [4.69, 9.17) is 5.73 Å². The highest BCUT2D eigenvalue weighted by atomic mass is 19.1. The number of aromatic nitrogens is 2. The topological polar surface area (TPSA) is 102 Å². The number of hydrogen-bond acceptors (Lipinski definition) is 4. The summed E-state index contributed by atoms with van der Waals surface area (Å²) in [6, 6.07) is 9.83. The Morgan fingerprint density at radius 1 is 0.853 bits per heavy atom. The highest BCUT2D eigenvalue weighted by molar-refractivity contribution is 6.09. The summed E-state index contributed by atoms with van der Waals surface area (Å²) in [5, 5.41) is 4.12. The van der Waals surface area contributed by atoms with Gasteiger partial charge in [-0.15, -0.1) is 0 Å². The third kappa shape index (κ3) is 3.70. The Bertz CT molecular complexity index is 1300. The number of anilines is 2. The van der Waals surface area contributed by atoms with Crippen LogP contribution in [0.25, 0.3) is 5.69 Å². The van der Waals surface area contributed by atoms with Crippen molar-refractivity contribution in [1.29, 1.82) is 0 Å². The summed E-state index contributed by atoms with van der Waals surface area (Å²) < 4.78 is 28.8. The van der Waals surface area contributed by atoms with Gasteiger partial charge < -0.3 is 15.5 Å². The highest BCUT2D eigenvalue weighted by Gasteiger charge is 2.35. The van der Waals surface area contributed by atoms with Gasteiger partial charge in [0.1, 0.15) is 17.3 Å². The molecule has 5 rings (SSSR count). The zero-order valence-electron chi connectivity index (χ0n) is 18.1. The standard InChI is InChI=1S/C24H21F2N5O3/c25-14-11-15(26)13-18(12-14)31-22-19(21(28-31)23(27)33)8-10-30(24(22)34)17-6-4-16(5-7-17)29-9-2-1-3-20(29)32/h4-7,11-13H,1-3,8-10H2,(H2,27,33). The van der Waals surface area contributed by atoms with Crippen molar-refractivity contribution < 1.29 is 23.2 Å². The number of carbonyl (C=O) groups excluding carboxylic acids is 3. The second-order valence-corrected chi connectivity index (χ2v) is 8.31. The second-order valence-electron chi connectivity index (χ2n) is 8.31. The average molecular weight is 465 g/mol. The summed E-state index contributed by atoms with van der Waals surface area (Å²) in [6.07, 6.45) is 2.62. The Balaban J connectivity index is 1.52. The molecule has 1 saturated heterocycles. The first-order valence-electron chi connectivity index (χ1n) is 10.9. The molecule has 2 aromatic carbocycles. The second kappa shape index (κ2) is 8.36. The Hall–Kier alpha value is -4.08. The monoisotopic (exact) mass is 465 g/mol. The van der Waals surface area contributed by atoms with E-state index in [1.807, 2.05) is 0 Å². The number of hydrogen-bond donors (Lipinski definition) is 1. The summed E-state index contributed by atoms with van der Waals surface area (Å²) in [5.41, 5.74) is 7.04. The third-order valence-electron chi connectivity index (χ3n) is 6.14.